The van der Waals surface area contributed by atoms with E-state index in [4.69, 9.17) is 14.6 Å². The van der Waals surface area contributed by atoms with Crippen molar-refractivity contribution in [1.82, 2.24) is 4.90 Å². The summed E-state index contributed by atoms with van der Waals surface area (Å²) in [5.74, 6) is -0.989. The molecular formula is C16H27NO5. The van der Waals surface area contributed by atoms with Crippen LogP contribution < -0.4 is 0 Å². The lowest BCUT2D eigenvalue weighted by Gasteiger charge is -2.37. The van der Waals surface area contributed by atoms with E-state index in [1.807, 2.05) is 6.92 Å². The number of rotatable bonds is 6. The molecule has 126 valence electrons. The highest BCUT2D eigenvalue weighted by atomic mass is 16.5. The van der Waals surface area contributed by atoms with Gasteiger partial charge in [0.15, 0.2) is 0 Å². The Bertz CT molecular complexity index is 381. The molecule has 1 amide bonds. The van der Waals surface area contributed by atoms with Crippen LogP contribution in [0.25, 0.3) is 0 Å². The van der Waals surface area contributed by atoms with E-state index in [0.717, 1.165) is 25.7 Å². The summed E-state index contributed by atoms with van der Waals surface area (Å²) in [6.45, 7) is 3.14. The fourth-order valence-corrected chi connectivity index (χ4v) is 3.26. The van der Waals surface area contributed by atoms with Crippen molar-refractivity contribution in [3.63, 3.8) is 0 Å². The summed E-state index contributed by atoms with van der Waals surface area (Å²) in [5, 5.41) is 9.00. The number of carbonyl (C=O) groups excluding carboxylic acids is 1. The number of hydrogen-bond donors (Lipinski definition) is 1. The summed E-state index contributed by atoms with van der Waals surface area (Å²) in [4.78, 5) is 25.4. The predicted molar refractivity (Wildman–Crippen MR) is 80.6 cm³/mol. The van der Waals surface area contributed by atoms with E-state index in [0.29, 0.717) is 19.6 Å². The van der Waals surface area contributed by atoms with Crippen LogP contribution in [-0.4, -0.2) is 59.9 Å². The lowest BCUT2D eigenvalue weighted by Crippen LogP contribution is -2.53. The molecule has 22 heavy (non-hydrogen) atoms. The highest BCUT2D eigenvalue weighted by Crippen LogP contribution is 2.23. The molecule has 2 fully saturated rings. The normalized spacial score (nSPS) is 25.0. The third-order valence-corrected chi connectivity index (χ3v) is 4.48. The van der Waals surface area contributed by atoms with Gasteiger partial charge in [0.1, 0.15) is 6.10 Å². The zero-order valence-electron chi connectivity index (χ0n) is 13.3. The second-order valence-corrected chi connectivity index (χ2v) is 6.15. The number of aliphatic carboxylic acids is 1. The number of hydrogen-bond acceptors (Lipinski definition) is 4. The van der Waals surface area contributed by atoms with Crippen LogP contribution in [0.3, 0.4) is 0 Å². The van der Waals surface area contributed by atoms with Gasteiger partial charge in [0.25, 0.3) is 5.91 Å². The monoisotopic (exact) mass is 313 g/mol. The minimum atomic E-state index is -0.908. The van der Waals surface area contributed by atoms with Gasteiger partial charge in [-0.3, -0.25) is 9.59 Å². The Morgan fingerprint density at radius 2 is 2.05 bits per heavy atom. The van der Waals surface area contributed by atoms with E-state index in [9.17, 15) is 9.59 Å². The third kappa shape index (κ3) is 4.68. The van der Waals surface area contributed by atoms with Crippen LogP contribution in [0.1, 0.15) is 51.9 Å². The van der Waals surface area contributed by atoms with Crippen LogP contribution in [0.2, 0.25) is 0 Å². The molecule has 1 saturated heterocycles. The number of nitrogens with zero attached hydrogens (tertiary/aromatic N) is 1. The molecule has 2 unspecified atom stereocenters. The summed E-state index contributed by atoms with van der Waals surface area (Å²) >= 11 is 0. The molecule has 0 radical (unpaired) electrons. The number of carboxylic acids is 1. The molecule has 2 aliphatic rings. The van der Waals surface area contributed by atoms with Crippen LogP contribution in [0.5, 0.6) is 0 Å². The van der Waals surface area contributed by atoms with Gasteiger partial charge in [-0.05, 0) is 19.3 Å². The maximum Gasteiger partial charge on any atom is 0.305 e. The minimum absolute atomic E-state index is 0.0778. The number of carboxylic acid groups (broad SMARTS) is 1. The highest BCUT2D eigenvalue weighted by Gasteiger charge is 2.34. The molecule has 0 bridgehead atoms. The minimum Gasteiger partial charge on any atom is -0.481 e. The summed E-state index contributed by atoms with van der Waals surface area (Å²) in [7, 11) is 0. The smallest absolute Gasteiger partial charge is 0.305 e. The standard InChI is InChI=1S/C16H27NO5/c1-2-14(22-13-6-4-3-5-7-13)16(20)17-8-9-21-11-12(17)10-15(18)19/h12-14H,2-11H2,1H3,(H,18,19). The number of amides is 1. The van der Waals surface area contributed by atoms with Crippen molar-refractivity contribution < 1.29 is 24.2 Å². The predicted octanol–water partition coefficient (Wildman–Crippen LogP) is 1.82. The molecule has 1 saturated carbocycles. The maximum atomic E-state index is 12.7. The zero-order valence-corrected chi connectivity index (χ0v) is 13.3. The average molecular weight is 313 g/mol. The molecule has 2 atom stereocenters. The lowest BCUT2D eigenvalue weighted by molar-refractivity contribution is -0.159. The van der Waals surface area contributed by atoms with Gasteiger partial charge in [-0.25, -0.2) is 0 Å². The molecule has 2 rings (SSSR count). The van der Waals surface area contributed by atoms with Crippen molar-refractivity contribution in [1.29, 1.82) is 0 Å². The average Bonchev–Trinajstić information content (AvgIpc) is 2.53. The van der Waals surface area contributed by atoms with Crippen molar-refractivity contribution in [2.24, 2.45) is 0 Å². The molecule has 6 nitrogen and oxygen atoms in total. The largest absolute Gasteiger partial charge is 0.481 e. The van der Waals surface area contributed by atoms with Crippen LogP contribution in [0.15, 0.2) is 0 Å². The molecule has 0 aromatic carbocycles. The Hall–Kier alpha value is -1.14. The number of carbonyl (C=O) groups is 2. The molecule has 1 aliphatic heterocycles. The van der Waals surface area contributed by atoms with E-state index in [1.165, 1.54) is 6.42 Å². The van der Waals surface area contributed by atoms with Crippen molar-refractivity contribution in [2.45, 2.75) is 70.1 Å². The van der Waals surface area contributed by atoms with Gasteiger partial charge in [0.2, 0.25) is 0 Å². The second-order valence-electron chi connectivity index (χ2n) is 6.15. The Kier molecular flexibility index (Phi) is 6.64. The third-order valence-electron chi connectivity index (χ3n) is 4.48. The first-order valence-corrected chi connectivity index (χ1v) is 8.37. The van der Waals surface area contributed by atoms with Gasteiger partial charge in [-0.1, -0.05) is 26.2 Å². The number of morpholine rings is 1. The summed E-state index contributed by atoms with van der Waals surface area (Å²) in [6.07, 6.45) is 5.85. The SMILES string of the molecule is CCC(OC1CCCCC1)C(=O)N1CCOCC1CC(=O)O. The number of ether oxygens (including phenoxy) is 2. The van der Waals surface area contributed by atoms with Crippen molar-refractivity contribution in [3.8, 4) is 0 Å². The summed E-state index contributed by atoms with van der Waals surface area (Å²) < 4.78 is 11.4. The summed E-state index contributed by atoms with van der Waals surface area (Å²) in [6, 6.07) is -0.386. The van der Waals surface area contributed by atoms with Gasteiger partial charge in [0.05, 0.1) is 31.8 Å². The Labute approximate surface area is 131 Å². The molecule has 1 N–H and O–H groups in total. The Morgan fingerprint density at radius 1 is 1.32 bits per heavy atom. The van der Waals surface area contributed by atoms with Crippen molar-refractivity contribution in [2.75, 3.05) is 19.8 Å². The molecule has 1 heterocycles. The first kappa shape index (κ1) is 17.2. The van der Waals surface area contributed by atoms with Crippen molar-refractivity contribution in [3.05, 3.63) is 0 Å². The first-order chi connectivity index (χ1) is 10.6. The van der Waals surface area contributed by atoms with Gasteiger partial charge in [0, 0.05) is 6.54 Å². The van der Waals surface area contributed by atoms with Crippen LogP contribution in [-0.2, 0) is 19.1 Å². The molecule has 6 heteroatoms. The van der Waals surface area contributed by atoms with Gasteiger partial charge in [-0.2, -0.15) is 0 Å². The fraction of sp³-hybridized carbons (Fsp3) is 0.875. The molecule has 1 aliphatic carbocycles. The highest BCUT2D eigenvalue weighted by molar-refractivity contribution is 5.82. The van der Waals surface area contributed by atoms with E-state index >= 15 is 0 Å². The Balaban J connectivity index is 1.96. The summed E-state index contributed by atoms with van der Waals surface area (Å²) in [5.41, 5.74) is 0. The van der Waals surface area contributed by atoms with E-state index < -0.39 is 12.1 Å². The van der Waals surface area contributed by atoms with Crippen LogP contribution in [0, 0.1) is 0 Å². The molecular weight excluding hydrogens is 286 g/mol. The second kappa shape index (κ2) is 8.48. The van der Waals surface area contributed by atoms with Crippen LogP contribution >= 0.6 is 0 Å². The topological polar surface area (TPSA) is 76.1 Å². The first-order valence-electron chi connectivity index (χ1n) is 8.37. The van der Waals surface area contributed by atoms with E-state index in [1.54, 1.807) is 4.90 Å². The van der Waals surface area contributed by atoms with Gasteiger partial charge >= 0.3 is 5.97 Å². The van der Waals surface area contributed by atoms with Gasteiger partial charge in [-0.15, -0.1) is 0 Å². The van der Waals surface area contributed by atoms with Gasteiger partial charge < -0.3 is 19.5 Å². The lowest BCUT2D eigenvalue weighted by atomic mass is 9.97. The van der Waals surface area contributed by atoms with Crippen LogP contribution in [0.4, 0.5) is 0 Å². The molecule has 0 aromatic rings. The van der Waals surface area contributed by atoms with E-state index in [-0.39, 0.29) is 31.1 Å². The molecule has 0 aromatic heterocycles. The van der Waals surface area contributed by atoms with Crippen molar-refractivity contribution >= 4 is 11.9 Å². The maximum absolute atomic E-state index is 12.7. The molecule has 0 spiro atoms. The fourth-order valence-electron chi connectivity index (χ4n) is 3.26. The Morgan fingerprint density at radius 3 is 2.68 bits per heavy atom. The quantitative estimate of drug-likeness (QED) is 0.809. The zero-order chi connectivity index (χ0) is 15.9. The van der Waals surface area contributed by atoms with E-state index in [2.05, 4.69) is 0 Å².